The van der Waals surface area contributed by atoms with Gasteiger partial charge in [0.1, 0.15) is 5.52 Å². The molecule has 0 radical (unpaired) electrons. The molecule has 82 valence electrons. The van der Waals surface area contributed by atoms with Gasteiger partial charge in [-0.3, -0.25) is 0 Å². The van der Waals surface area contributed by atoms with E-state index in [0.717, 1.165) is 12.8 Å². The van der Waals surface area contributed by atoms with E-state index in [1.165, 1.54) is 0 Å². The maximum absolute atomic E-state index is 6.02. The summed E-state index contributed by atoms with van der Waals surface area (Å²) in [6.45, 7) is 0. The molecule has 4 nitrogen and oxygen atoms in total. The highest BCUT2D eigenvalue weighted by molar-refractivity contribution is 6.35. The lowest BCUT2D eigenvalue weighted by atomic mass is 10.4. The molecule has 0 bridgehead atoms. The first-order valence-corrected chi connectivity index (χ1v) is 5.74. The van der Waals surface area contributed by atoms with Crippen molar-refractivity contribution in [2.75, 3.05) is 5.32 Å². The Bertz CT molecular complexity index is 554. The molecule has 0 spiro atoms. The highest BCUT2D eigenvalue weighted by Gasteiger charge is 2.23. The summed E-state index contributed by atoms with van der Waals surface area (Å²) in [5.41, 5.74) is 1.24. The SMILES string of the molecule is Clc1nc2c(Cl)nccc2nc1NC1CC1. The summed E-state index contributed by atoms with van der Waals surface area (Å²) in [4.78, 5) is 12.5. The quantitative estimate of drug-likeness (QED) is 0.838. The Balaban J connectivity index is 2.13. The molecule has 0 aliphatic heterocycles. The average Bonchev–Trinajstić information content (AvgIpc) is 3.05. The van der Waals surface area contributed by atoms with Crippen LogP contribution in [0.1, 0.15) is 12.8 Å². The molecule has 1 aliphatic rings. The molecule has 3 rings (SSSR count). The second-order valence-corrected chi connectivity index (χ2v) is 4.47. The van der Waals surface area contributed by atoms with Crippen LogP contribution in [0.3, 0.4) is 0 Å². The van der Waals surface area contributed by atoms with E-state index in [9.17, 15) is 0 Å². The van der Waals surface area contributed by atoms with E-state index in [1.54, 1.807) is 12.3 Å². The van der Waals surface area contributed by atoms with E-state index in [2.05, 4.69) is 20.3 Å². The zero-order valence-electron chi connectivity index (χ0n) is 8.24. The van der Waals surface area contributed by atoms with Crippen LogP contribution >= 0.6 is 23.2 Å². The molecule has 1 aliphatic carbocycles. The lowest BCUT2D eigenvalue weighted by Crippen LogP contribution is -2.05. The molecule has 0 unspecified atom stereocenters. The molecule has 2 aromatic heterocycles. The van der Waals surface area contributed by atoms with E-state index in [-0.39, 0.29) is 0 Å². The largest absolute Gasteiger partial charge is 0.365 e. The number of nitrogens with zero attached hydrogens (tertiary/aromatic N) is 3. The number of hydrogen-bond acceptors (Lipinski definition) is 4. The third kappa shape index (κ3) is 1.79. The van der Waals surface area contributed by atoms with Crippen LogP contribution in [-0.2, 0) is 0 Å². The Labute approximate surface area is 102 Å². The standard InChI is InChI=1S/C10H8Cl2N4/c11-8-7-6(3-4-13-8)15-10(9(12)16-7)14-5-1-2-5/h3-5H,1-2H2,(H,14,15). The van der Waals surface area contributed by atoms with Crippen LogP contribution < -0.4 is 5.32 Å². The van der Waals surface area contributed by atoms with Gasteiger partial charge in [-0.1, -0.05) is 23.2 Å². The van der Waals surface area contributed by atoms with Crippen LogP contribution in [0.2, 0.25) is 10.3 Å². The number of pyridine rings is 1. The molecule has 1 fully saturated rings. The van der Waals surface area contributed by atoms with Gasteiger partial charge < -0.3 is 5.32 Å². The number of anilines is 1. The van der Waals surface area contributed by atoms with Gasteiger partial charge in [0.25, 0.3) is 0 Å². The third-order valence-corrected chi connectivity index (χ3v) is 2.95. The summed E-state index contributed by atoms with van der Waals surface area (Å²) in [5, 5.41) is 3.89. The number of rotatable bonds is 2. The van der Waals surface area contributed by atoms with Gasteiger partial charge in [-0.2, -0.15) is 0 Å². The van der Waals surface area contributed by atoms with Crippen LogP contribution in [0.25, 0.3) is 11.0 Å². The molecular weight excluding hydrogens is 247 g/mol. The molecule has 0 atom stereocenters. The van der Waals surface area contributed by atoms with Gasteiger partial charge in [0.2, 0.25) is 0 Å². The van der Waals surface area contributed by atoms with E-state index >= 15 is 0 Å². The normalized spacial score (nSPS) is 15.4. The average molecular weight is 255 g/mol. The number of fused-ring (bicyclic) bond motifs is 1. The maximum atomic E-state index is 6.02. The Morgan fingerprint density at radius 3 is 2.75 bits per heavy atom. The van der Waals surface area contributed by atoms with Gasteiger partial charge >= 0.3 is 0 Å². The third-order valence-electron chi connectivity index (χ3n) is 2.41. The van der Waals surface area contributed by atoms with Crippen LogP contribution in [0.4, 0.5) is 5.82 Å². The number of hydrogen-bond donors (Lipinski definition) is 1. The molecule has 2 aromatic rings. The van der Waals surface area contributed by atoms with Crippen molar-refractivity contribution in [2.45, 2.75) is 18.9 Å². The minimum atomic E-state index is 0.324. The van der Waals surface area contributed by atoms with Crippen molar-refractivity contribution in [3.63, 3.8) is 0 Å². The van der Waals surface area contributed by atoms with Gasteiger partial charge in [0, 0.05) is 12.2 Å². The van der Waals surface area contributed by atoms with Crippen molar-refractivity contribution in [2.24, 2.45) is 0 Å². The van der Waals surface area contributed by atoms with Crippen LogP contribution in [0, 0.1) is 0 Å². The fourth-order valence-electron chi connectivity index (χ4n) is 1.44. The molecule has 0 amide bonds. The summed E-state index contributed by atoms with van der Waals surface area (Å²) in [6, 6.07) is 2.25. The van der Waals surface area contributed by atoms with Gasteiger partial charge in [-0.05, 0) is 18.9 Å². The molecule has 0 saturated heterocycles. The lowest BCUT2D eigenvalue weighted by molar-refractivity contribution is 1.11. The smallest absolute Gasteiger partial charge is 0.172 e. The van der Waals surface area contributed by atoms with Gasteiger partial charge in [0.15, 0.2) is 16.1 Å². The summed E-state index contributed by atoms with van der Waals surface area (Å²) in [5.74, 6) is 0.624. The predicted molar refractivity (Wildman–Crippen MR) is 64.0 cm³/mol. The predicted octanol–water partition coefficient (Wildman–Crippen LogP) is 2.91. The zero-order chi connectivity index (χ0) is 11.1. The van der Waals surface area contributed by atoms with Crippen molar-refractivity contribution in [1.82, 2.24) is 15.0 Å². The highest BCUT2D eigenvalue weighted by atomic mass is 35.5. The fourth-order valence-corrected chi connectivity index (χ4v) is 1.82. The van der Waals surface area contributed by atoms with Crippen LogP contribution in [0.5, 0.6) is 0 Å². The Hall–Kier alpha value is -1.13. The van der Waals surface area contributed by atoms with Gasteiger partial charge in [-0.25, -0.2) is 15.0 Å². The maximum Gasteiger partial charge on any atom is 0.172 e. The minimum absolute atomic E-state index is 0.324. The molecule has 1 saturated carbocycles. The Morgan fingerprint density at radius 2 is 2.00 bits per heavy atom. The number of aromatic nitrogens is 3. The van der Waals surface area contributed by atoms with Crippen molar-refractivity contribution >= 4 is 40.1 Å². The first kappa shape index (κ1) is 10.1. The number of halogens is 2. The second kappa shape index (κ2) is 3.71. The van der Waals surface area contributed by atoms with E-state index in [0.29, 0.717) is 33.2 Å². The van der Waals surface area contributed by atoms with Crippen molar-refractivity contribution in [3.8, 4) is 0 Å². The Kier molecular flexibility index (Phi) is 2.33. The second-order valence-electron chi connectivity index (χ2n) is 3.75. The lowest BCUT2D eigenvalue weighted by Gasteiger charge is -2.06. The summed E-state index contributed by atoms with van der Waals surface area (Å²) < 4.78 is 0. The zero-order valence-corrected chi connectivity index (χ0v) is 9.76. The summed E-state index contributed by atoms with van der Waals surface area (Å²) >= 11 is 11.9. The molecule has 1 N–H and O–H groups in total. The molecule has 0 aromatic carbocycles. The number of nitrogens with one attached hydrogen (secondary N) is 1. The first-order valence-electron chi connectivity index (χ1n) is 4.98. The minimum Gasteiger partial charge on any atom is -0.365 e. The van der Waals surface area contributed by atoms with Crippen LogP contribution in [-0.4, -0.2) is 21.0 Å². The van der Waals surface area contributed by atoms with E-state index < -0.39 is 0 Å². The molecular formula is C10H8Cl2N4. The van der Waals surface area contributed by atoms with Gasteiger partial charge in [-0.15, -0.1) is 0 Å². The fraction of sp³-hybridized carbons (Fsp3) is 0.300. The molecule has 6 heteroatoms. The van der Waals surface area contributed by atoms with Crippen molar-refractivity contribution < 1.29 is 0 Å². The summed E-state index contributed by atoms with van der Waals surface area (Å²) in [6.07, 6.45) is 3.93. The molecule has 16 heavy (non-hydrogen) atoms. The van der Waals surface area contributed by atoms with Gasteiger partial charge in [0.05, 0.1) is 5.52 Å². The highest BCUT2D eigenvalue weighted by Crippen LogP contribution is 2.29. The van der Waals surface area contributed by atoms with Crippen molar-refractivity contribution in [1.29, 1.82) is 0 Å². The Morgan fingerprint density at radius 1 is 1.19 bits per heavy atom. The van der Waals surface area contributed by atoms with E-state index in [4.69, 9.17) is 23.2 Å². The topological polar surface area (TPSA) is 50.7 Å². The van der Waals surface area contributed by atoms with Crippen molar-refractivity contribution in [3.05, 3.63) is 22.6 Å². The van der Waals surface area contributed by atoms with E-state index in [1.807, 2.05) is 0 Å². The monoisotopic (exact) mass is 254 g/mol. The molecule has 2 heterocycles. The summed E-state index contributed by atoms with van der Waals surface area (Å²) in [7, 11) is 0. The first-order chi connectivity index (χ1) is 7.74. The van der Waals surface area contributed by atoms with Crippen LogP contribution in [0.15, 0.2) is 12.3 Å².